The quantitative estimate of drug-likeness (QED) is 0.520. The van der Waals surface area contributed by atoms with Gasteiger partial charge >= 0.3 is 0 Å². The number of hydrogen-bond donors (Lipinski definition) is 1. The number of nitrogens with zero attached hydrogens (tertiary/aromatic N) is 2. The van der Waals surface area contributed by atoms with Crippen LogP contribution in [0.3, 0.4) is 0 Å². The molecule has 1 N–H and O–H groups in total. The minimum Gasteiger partial charge on any atom is -0.494 e. The average Bonchev–Trinajstić information content (AvgIpc) is 2.72. The summed E-state index contributed by atoms with van der Waals surface area (Å²) in [6.45, 7) is 4.22. The molecule has 0 bridgehead atoms. The summed E-state index contributed by atoms with van der Waals surface area (Å²) in [6, 6.07) is 17.7. The van der Waals surface area contributed by atoms with Crippen molar-refractivity contribution in [3.63, 3.8) is 0 Å². The van der Waals surface area contributed by atoms with Crippen molar-refractivity contribution in [2.45, 2.75) is 24.3 Å². The third-order valence-corrected chi connectivity index (χ3v) is 5.99. The third-order valence-electron chi connectivity index (χ3n) is 4.38. The van der Waals surface area contributed by atoms with Crippen molar-refractivity contribution < 1.29 is 4.74 Å². The fraction of sp³-hybridized carbons (Fsp3) is 0.182. The van der Waals surface area contributed by atoms with Crippen molar-refractivity contribution in [3.05, 3.63) is 77.1 Å². The Morgan fingerprint density at radius 2 is 2.00 bits per heavy atom. The summed E-state index contributed by atoms with van der Waals surface area (Å²) in [7, 11) is 1.65. The van der Waals surface area contributed by atoms with Crippen LogP contribution in [0.5, 0.6) is 5.75 Å². The Labute approximate surface area is 174 Å². The molecule has 0 amide bonds. The minimum absolute atomic E-state index is 0.321. The van der Waals surface area contributed by atoms with Crippen LogP contribution in [0.1, 0.15) is 25.0 Å². The molecule has 0 spiro atoms. The predicted octanol–water partition coefficient (Wildman–Crippen LogP) is 5.81. The van der Waals surface area contributed by atoms with Crippen LogP contribution in [-0.4, -0.2) is 12.1 Å². The molecule has 0 aliphatic rings. The van der Waals surface area contributed by atoms with Gasteiger partial charge in [0.15, 0.2) is 0 Å². The fourth-order valence-electron chi connectivity index (χ4n) is 2.75. The Morgan fingerprint density at radius 1 is 1.18 bits per heavy atom. The number of nitriles is 1. The molecule has 1 heterocycles. The van der Waals surface area contributed by atoms with Crippen molar-refractivity contribution in [1.82, 2.24) is 9.71 Å². The Bertz CT molecular complexity index is 1030. The van der Waals surface area contributed by atoms with Crippen LogP contribution >= 0.6 is 23.5 Å². The smallest absolute Gasteiger partial charge is 0.144 e. The number of nitrogens with one attached hydrogen (secondary N) is 1. The van der Waals surface area contributed by atoms with Crippen LogP contribution in [0, 0.1) is 11.3 Å². The van der Waals surface area contributed by atoms with E-state index in [2.05, 4.69) is 47.8 Å². The predicted molar refractivity (Wildman–Crippen MR) is 114 cm³/mol. The van der Waals surface area contributed by atoms with Gasteiger partial charge in [0, 0.05) is 22.2 Å². The van der Waals surface area contributed by atoms with Gasteiger partial charge in [0.25, 0.3) is 0 Å². The van der Waals surface area contributed by atoms with Gasteiger partial charge in [-0.25, -0.2) is 4.72 Å². The number of hydrogen-bond acceptors (Lipinski definition) is 5. The molecule has 6 heteroatoms. The molecule has 0 saturated carbocycles. The minimum atomic E-state index is -0.321. The summed E-state index contributed by atoms with van der Waals surface area (Å²) in [5.41, 5.74) is 3.41. The van der Waals surface area contributed by atoms with Gasteiger partial charge in [0.05, 0.1) is 30.0 Å². The topological polar surface area (TPSA) is 57.9 Å². The van der Waals surface area contributed by atoms with Gasteiger partial charge in [-0.1, -0.05) is 29.8 Å². The van der Waals surface area contributed by atoms with Crippen LogP contribution in [-0.2, 0) is 5.54 Å². The summed E-state index contributed by atoms with van der Waals surface area (Å²) < 4.78 is 8.93. The number of pyridine rings is 1. The molecule has 3 rings (SSSR count). The van der Waals surface area contributed by atoms with Crippen molar-refractivity contribution in [3.8, 4) is 22.9 Å². The first-order valence-corrected chi connectivity index (χ1v) is 9.86. The Balaban J connectivity index is 1.83. The number of methoxy groups -OCH3 is 1. The van der Waals surface area contributed by atoms with Crippen molar-refractivity contribution in [1.29, 1.82) is 5.26 Å². The maximum Gasteiger partial charge on any atom is 0.144 e. The van der Waals surface area contributed by atoms with Gasteiger partial charge in [-0.05, 0) is 67.3 Å². The van der Waals surface area contributed by atoms with Gasteiger partial charge < -0.3 is 4.74 Å². The molecule has 0 fully saturated rings. The fourth-order valence-corrected chi connectivity index (χ4v) is 3.82. The van der Waals surface area contributed by atoms with Gasteiger partial charge in [0.1, 0.15) is 5.75 Å². The van der Waals surface area contributed by atoms with Crippen LogP contribution in [0.2, 0.25) is 5.02 Å². The molecule has 0 unspecified atom stereocenters. The van der Waals surface area contributed by atoms with E-state index in [1.807, 2.05) is 18.2 Å². The molecular weight excluding hydrogens is 390 g/mol. The van der Waals surface area contributed by atoms with E-state index in [1.54, 1.807) is 31.6 Å². The van der Waals surface area contributed by atoms with E-state index in [0.717, 1.165) is 27.3 Å². The molecule has 28 heavy (non-hydrogen) atoms. The normalized spacial score (nSPS) is 11.1. The lowest BCUT2D eigenvalue weighted by Crippen LogP contribution is -2.31. The molecule has 1 aromatic heterocycles. The number of benzene rings is 2. The van der Waals surface area contributed by atoms with Crippen LogP contribution in [0.4, 0.5) is 0 Å². The first kappa shape index (κ1) is 20.2. The molecular formula is C22H20ClN3OS. The lowest BCUT2D eigenvalue weighted by molar-refractivity contribution is 0.414. The highest BCUT2D eigenvalue weighted by Crippen LogP contribution is 2.34. The van der Waals surface area contributed by atoms with Crippen LogP contribution in [0.15, 0.2) is 65.8 Å². The molecule has 2 aromatic carbocycles. The first-order chi connectivity index (χ1) is 13.4. The molecule has 142 valence electrons. The monoisotopic (exact) mass is 409 g/mol. The number of ether oxygens (including phenoxy) is 1. The molecule has 0 atom stereocenters. The van der Waals surface area contributed by atoms with E-state index < -0.39 is 0 Å². The van der Waals surface area contributed by atoms with E-state index >= 15 is 0 Å². The van der Waals surface area contributed by atoms with Crippen molar-refractivity contribution >= 4 is 23.5 Å². The summed E-state index contributed by atoms with van der Waals surface area (Å²) in [5, 5.41) is 9.53. The zero-order valence-electron chi connectivity index (χ0n) is 15.9. The molecule has 0 radical (unpaired) electrons. The van der Waals surface area contributed by atoms with E-state index in [-0.39, 0.29) is 5.54 Å². The number of rotatable bonds is 6. The summed E-state index contributed by atoms with van der Waals surface area (Å²) in [5.74, 6) is 0.740. The Hall–Kier alpha value is -2.52. The number of aromatic nitrogens is 1. The summed E-state index contributed by atoms with van der Waals surface area (Å²) in [6.07, 6.45) is 3.48. The van der Waals surface area contributed by atoms with Gasteiger partial charge in [-0.2, -0.15) is 5.26 Å². The maximum atomic E-state index is 8.97. The zero-order chi connectivity index (χ0) is 20.1. The maximum absolute atomic E-state index is 8.97. The molecule has 0 saturated heterocycles. The Kier molecular flexibility index (Phi) is 6.25. The van der Waals surface area contributed by atoms with E-state index in [0.29, 0.717) is 10.6 Å². The molecule has 4 nitrogen and oxygen atoms in total. The zero-order valence-corrected chi connectivity index (χ0v) is 17.4. The number of halogens is 1. The van der Waals surface area contributed by atoms with Crippen molar-refractivity contribution in [2.24, 2.45) is 0 Å². The standard InChI is InChI=1S/C22H20ClN3OS/c1-22(2,26-28-21-8-7-15(13-24)11-19(21)23)17-6-4-5-16(12-17)18-9-10-25-14-20(18)27-3/h4-12,14,26H,1-3H3. The second kappa shape index (κ2) is 8.66. The summed E-state index contributed by atoms with van der Waals surface area (Å²) >= 11 is 7.74. The SMILES string of the molecule is COc1cnccc1-c1cccc(C(C)(C)NSc2ccc(C#N)cc2Cl)c1. The van der Waals surface area contributed by atoms with E-state index in [4.69, 9.17) is 21.6 Å². The largest absolute Gasteiger partial charge is 0.494 e. The average molecular weight is 410 g/mol. The second-order valence-corrected chi connectivity index (χ2v) is 8.00. The molecule has 3 aromatic rings. The molecule has 0 aliphatic heterocycles. The third kappa shape index (κ3) is 4.48. The van der Waals surface area contributed by atoms with Crippen LogP contribution in [0.25, 0.3) is 11.1 Å². The summed E-state index contributed by atoms with van der Waals surface area (Å²) in [4.78, 5) is 5.00. The first-order valence-electron chi connectivity index (χ1n) is 8.67. The van der Waals surface area contributed by atoms with E-state index in [9.17, 15) is 0 Å². The highest BCUT2D eigenvalue weighted by molar-refractivity contribution is 7.97. The van der Waals surface area contributed by atoms with E-state index in [1.165, 1.54) is 11.9 Å². The highest BCUT2D eigenvalue weighted by atomic mass is 35.5. The van der Waals surface area contributed by atoms with Crippen LogP contribution < -0.4 is 9.46 Å². The van der Waals surface area contributed by atoms with Gasteiger partial charge in [-0.3, -0.25) is 4.98 Å². The highest BCUT2D eigenvalue weighted by Gasteiger charge is 2.22. The van der Waals surface area contributed by atoms with Crippen molar-refractivity contribution in [2.75, 3.05) is 7.11 Å². The van der Waals surface area contributed by atoms with Gasteiger partial charge in [-0.15, -0.1) is 0 Å². The second-order valence-electron chi connectivity index (χ2n) is 6.74. The lowest BCUT2D eigenvalue weighted by atomic mass is 9.92. The lowest BCUT2D eigenvalue weighted by Gasteiger charge is -2.27. The Morgan fingerprint density at radius 3 is 2.71 bits per heavy atom. The molecule has 0 aliphatic carbocycles. The van der Waals surface area contributed by atoms with Gasteiger partial charge in [0.2, 0.25) is 0 Å².